The first-order valence-electron chi connectivity index (χ1n) is 6.65. The number of nitrogens with one attached hydrogen (secondary N) is 1. The van der Waals surface area contributed by atoms with Crippen molar-refractivity contribution < 1.29 is 9.90 Å². The maximum absolute atomic E-state index is 10.8. The van der Waals surface area contributed by atoms with Gasteiger partial charge in [0.1, 0.15) is 5.82 Å². The van der Waals surface area contributed by atoms with Gasteiger partial charge in [0.05, 0.1) is 12.1 Å². The first kappa shape index (κ1) is 14.3. The van der Waals surface area contributed by atoms with Gasteiger partial charge in [-0.05, 0) is 17.9 Å². The highest BCUT2D eigenvalue weighted by molar-refractivity contribution is 5.70. The zero-order chi connectivity index (χ0) is 14.9. The number of carboxylic acid groups (broad SMARTS) is 1. The van der Waals surface area contributed by atoms with Crippen molar-refractivity contribution in [3.63, 3.8) is 0 Å². The number of nitrogens with zero attached hydrogens (tertiary/aromatic N) is 1. The molecule has 0 radical (unpaired) electrons. The summed E-state index contributed by atoms with van der Waals surface area (Å²) in [7, 11) is 0. The molecule has 1 aromatic heterocycles. The lowest BCUT2D eigenvalue weighted by atomic mass is 9.87. The molecular formula is C16H20N2O2. The number of rotatable bonds is 3. The normalized spacial score (nSPS) is 11.6. The second-order valence-electron chi connectivity index (χ2n) is 6.05. The van der Waals surface area contributed by atoms with Crippen LogP contribution in [0.5, 0.6) is 0 Å². The molecule has 0 amide bonds. The third kappa shape index (κ3) is 3.07. The summed E-state index contributed by atoms with van der Waals surface area (Å²) in [5.41, 5.74) is 3.74. The van der Waals surface area contributed by atoms with Crippen molar-refractivity contribution in [2.75, 3.05) is 0 Å². The van der Waals surface area contributed by atoms with Gasteiger partial charge in [0, 0.05) is 11.3 Å². The van der Waals surface area contributed by atoms with Gasteiger partial charge in [0.25, 0.3) is 0 Å². The largest absolute Gasteiger partial charge is 0.481 e. The van der Waals surface area contributed by atoms with Gasteiger partial charge in [0.2, 0.25) is 0 Å². The molecule has 0 unspecified atom stereocenters. The molecular weight excluding hydrogens is 252 g/mol. The highest BCUT2D eigenvalue weighted by Crippen LogP contribution is 2.25. The van der Waals surface area contributed by atoms with Crippen molar-refractivity contribution >= 4 is 5.97 Å². The van der Waals surface area contributed by atoms with Crippen molar-refractivity contribution in [2.24, 2.45) is 0 Å². The average molecular weight is 272 g/mol. The van der Waals surface area contributed by atoms with E-state index in [9.17, 15) is 4.79 Å². The second-order valence-corrected chi connectivity index (χ2v) is 6.05. The summed E-state index contributed by atoms with van der Waals surface area (Å²) in [4.78, 5) is 18.3. The second kappa shape index (κ2) is 5.12. The van der Waals surface area contributed by atoms with Crippen molar-refractivity contribution in [3.05, 3.63) is 41.2 Å². The molecule has 2 N–H and O–H groups in total. The first-order valence-corrected chi connectivity index (χ1v) is 6.65. The van der Waals surface area contributed by atoms with Crippen LogP contribution < -0.4 is 0 Å². The monoisotopic (exact) mass is 272 g/mol. The number of H-pyrrole nitrogens is 1. The molecule has 2 rings (SSSR count). The highest BCUT2D eigenvalue weighted by atomic mass is 16.4. The van der Waals surface area contributed by atoms with E-state index in [1.54, 1.807) is 0 Å². The number of hydrogen-bond acceptors (Lipinski definition) is 2. The Hall–Kier alpha value is -2.10. The van der Waals surface area contributed by atoms with E-state index in [-0.39, 0.29) is 11.8 Å². The lowest BCUT2D eigenvalue weighted by Crippen LogP contribution is -2.10. The predicted molar refractivity (Wildman–Crippen MR) is 78.8 cm³/mol. The minimum Gasteiger partial charge on any atom is -0.481 e. The zero-order valence-corrected chi connectivity index (χ0v) is 12.3. The molecule has 2 aromatic rings. The summed E-state index contributed by atoms with van der Waals surface area (Å²) in [6.07, 6.45) is -0.0532. The van der Waals surface area contributed by atoms with Crippen molar-refractivity contribution in [3.8, 4) is 11.4 Å². The highest BCUT2D eigenvalue weighted by Gasteiger charge is 2.15. The van der Waals surface area contributed by atoms with E-state index >= 15 is 0 Å². The fourth-order valence-electron chi connectivity index (χ4n) is 2.08. The van der Waals surface area contributed by atoms with Gasteiger partial charge in [-0.2, -0.15) is 0 Å². The van der Waals surface area contributed by atoms with Crippen LogP contribution in [-0.4, -0.2) is 21.0 Å². The molecule has 0 bridgehead atoms. The predicted octanol–water partition coefficient (Wildman–Crippen LogP) is 3.31. The standard InChI is InChI=1S/C16H20N2O2/c1-10-13(9-14(19)20)18-15(17-10)11-5-7-12(8-6-11)16(2,3)4/h5-8H,9H2,1-4H3,(H,17,18)(H,19,20). The van der Waals surface area contributed by atoms with Crippen molar-refractivity contribution in [2.45, 2.75) is 39.5 Å². The molecule has 4 heteroatoms. The molecule has 0 atom stereocenters. The minimum atomic E-state index is -0.866. The molecule has 106 valence electrons. The van der Waals surface area contributed by atoms with Crippen LogP contribution >= 0.6 is 0 Å². The summed E-state index contributed by atoms with van der Waals surface area (Å²) in [5, 5.41) is 8.84. The quantitative estimate of drug-likeness (QED) is 0.900. The molecule has 4 nitrogen and oxygen atoms in total. The Morgan fingerprint density at radius 3 is 2.35 bits per heavy atom. The lowest BCUT2D eigenvalue weighted by molar-refractivity contribution is -0.136. The van der Waals surface area contributed by atoms with Gasteiger partial charge < -0.3 is 10.1 Å². The third-order valence-corrected chi connectivity index (χ3v) is 3.33. The Morgan fingerprint density at radius 1 is 1.25 bits per heavy atom. The molecule has 0 saturated carbocycles. The first-order chi connectivity index (χ1) is 9.27. The van der Waals surface area contributed by atoms with Gasteiger partial charge >= 0.3 is 5.97 Å². The van der Waals surface area contributed by atoms with Crippen LogP contribution in [0.2, 0.25) is 0 Å². The van der Waals surface area contributed by atoms with Gasteiger partial charge in [-0.3, -0.25) is 4.79 Å². The maximum Gasteiger partial charge on any atom is 0.309 e. The van der Waals surface area contributed by atoms with E-state index in [0.717, 1.165) is 17.1 Å². The molecule has 0 aliphatic heterocycles. The Balaban J connectivity index is 2.30. The van der Waals surface area contributed by atoms with Crippen LogP contribution in [0.3, 0.4) is 0 Å². The number of benzene rings is 1. The number of hydrogen-bond donors (Lipinski definition) is 2. The van der Waals surface area contributed by atoms with Crippen molar-refractivity contribution in [1.29, 1.82) is 0 Å². The number of imidazole rings is 1. The van der Waals surface area contributed by atoms with Crippen LogP contribution in [0.25, 0.3) is 11.4 Å². The van der Waals surface area contributed by atoms with Crippen LogP contribution in [0.4, 0.5) is 0 Å². The van der Waals surface area contributed by atoms with Crippen LogP contribution in [0.1, 0.15) is 37.7 Å². The summed E-state index contributed by atoms with van der Waals surface area (Å²) < 4.78 is 0. The minimum absolute atomic E-state index is 0.0532. The average Bonchev–Trinajstić information content (AvgIpc) is 2.69. The number of carboxylic acids is 1. The summed E-state index contributed by atoms with van der Waals surface area (Å²) in [6.45, 7) is 8.36. The lowest BCUT2D eigenvalue weighted by Gasteiger charge is -2.18. The number of aromatic nitrogens is 2. The molecule has 0 saturated heterocycles. The van der Waals surface area contributed by atoms with Crippen LogP contribution in [-0.2, 0) is 16.6 Å². The molecule has 0 aliphatic carbocycles. The van der Waals surface area contributed by atoms with Gasteiger partial charge in [-0.15, -0.1) is 0 Å². The van der Waals surface area contributed by atoms with Crippen molar-refractivity contribution in [1.82, 2.24) is 9.97 Å². The Morgan fingerprint density at radius 2 is 1.85 bits per heavy atom. The van der Waals surface area contributed by atoms with E-state index in [1.807, 2.05) is 19.1 Å². The Kier molecular flexibility index (Phi) is 3.66. The number of aromatic amines is 1. The van der Waals surface area contributed by atoms with E-state index in [2.05, 4.69) is 42.9 Å². The van der Waals surface area contributed by atoms with Crippen LogP contribution in [0, 0.1) is 6.92 Å². The SMILES string of the molecule is Cc1[nH]c(-c2ccc(C(C)(C)C)cc2)nc1CC(=O)O. The molecule has 20 heavy (non-hydrogen) atoms. The molecule has 1 aromatic carbocycles. The van der Waals surface area contributed by atoms with E-state index < -0.39 is 5.97 Å². The topological polar surface area (TPSA) is 66.0 Å². The maximum atomic E-state index is 10.8. The fourth-order valence-corrected chi connectivity index (χ4v) is 2.08. The number of carbonyl (C=O) groups is 1. The molecule has 0 fully saturated rings. The smallest absolute Gasteiger partial charge is 0.309 e. The molecule has 0 spiro atoms. The fraction of sp³-hybridized carbons (Fsp3) is 0.375. The number of aliphatic carboxylic acids is 1. The molecule has 1 heterocycles. The number of aryl methyl sites for hydroxylation is 1. The van der Waals surface area contributed by atoms with Crippen LogP contribution in [0.15, 0.2) is 24.3 Å². The molecule has 0 aliphatic rings. The summed E-state index contributed by atoms with van der Waals surface area (Å²) in [5.74, 6) is -0.145. The van der Waals surface area contributed by atoms with E-state index in [0.29, 0.717) is 5.69 Å². The van der Waals surface area contributed by atoms with Gasteiger partial charge in [0.15, 0.2) is 0 Å². The van der Waals surface area contributed by atoms with E-state index in [4.69, 9.17) is 5.11 Å². The van der Waals surface area contributed by atoms with Gasteiger partial charge in [-0.1, -0.05) is 45.0 Å². The third-order valence-electron chi connectivity index (χ3n) is 3.33. The van der Waals surface area contributed by atoms with E-state index in [1.165, 1.54) is 5.56 Å². The Bertz CT molecular complexity index is 619. The summed E-state index contributed by atoms with van der Waals surface area (Å²) >= 11 is 0. The zero-order valence-electron chi connectivity index (χ0n) is 12.3. The summed E-state index contributed by atoms with van der Waals surface area (Å²) in [6, 6.07) is 8.21. The Labute approximate surface area is 118 Å². The van der Waals surface area contributed by atoms with Gasteiger partial charge in [-0.25, -0.2) is 4.98 Å².